The summed E-state index contributed by atoms with van der Waals surface area (Å²) in [5, 5.41) is 3.23. The van der Waals surface area contributed by atoms with Gasteiger partial charge in [-0.25, -0.2) is 8.42 Å². The predicted molar refractivity (Wildman–Crippen MR) is 104 cm³/mol. The highest BCUT2D eigenvalue weighted by Gasteiger charge is 2.40. The number of piperidine rings is 2. The lowest BCUT2D eigenvalue weighted by molar-refractivity contribution is -0.137. The van der Waals surface area contributed by atoms with Crippen molar-refractivity contribution in [3.05, 3.63) is 30.3 Å². The number of likely N-dealkylation sites (tertiary alicyclic amines) is 1. The zero-order valence-electron chi connectivity index (χ0n) is 15.1. The Bertz CT molecular complexity index is 699. The van der Waals surface area contributed by atoms with Crippen LogP contribution in [0.3, 0.4) is 0 Å². The monoisotopic (exact) mass is 401 g/mol. The lowest BCUT2D eigenvalue weighted by Crippen LogP contribution is -2.56. The Kier molecular flexibility index (Phi) is 7.46. The maximum atomic E-state index is 13.1. The second kappa shape index (κ2) is 9.17. The van der Waals surface area contributed by atoms with E-state index in [1.807, 2.05) is 11.9 Å². The summed E-state index contributed by atoms with van der Waals surface area (Å²) in [6.07, 6.45) is 4.30. The first-order valence-electron chi connectivity index (χ1n) is 9.07. The fraction of sp³-hybridized carbons (Fsp3) is 0.611. The number of nitrogens with zero attached hydrogens (tertiary/aromatic N) is 2. The van der Waals surface area contributed by atoms with Gasteiger partial charge in [-0.3, -0.25) is 4.79 Å². The minimum absolute atomic E-state index is 0. The number of amides is 1. The Hall–Kier alpha value is -1.15. The molecular weight excluding hydrogens is 374 g/mol. The van der Waals surface area contributed by atoms with Gasteiger partial charge in [-0.05, 0) is 44.9 Å². The SMILES string of the molecule is CNC1CCCN(C(=O)C2CCCCN2S(=O)(=O)c2ccccc2)C1.Cl. The van der Waals surface area contributed by atoms with Crippen LogP contribution in [0.2, 0.25) is 0 Å². The van der Waals surface area contributed by atoms with Gasteiger partial charge in [-0.2, -0.15) is 4.31 Å². The number of halogens is 1. The van der Waals surface area contributed by atoms with Crippen LogP contribution in [0.5, 0.6) is 0 Å². The highest BCUT2D eigenvalue weighted by molar-refractivity contribution is 7.89. The molecule has 2 aliphatic heterocycles. The molecule has 2 unspecified atom stereocenters. The van der Waals surface area contributed by atoms with Crippen molar-refractivity contribution in [3.8, 4) is 0 Å². The molecule has 2 aliphatic rings. The predicted octanol–water partition coefficient (Wildman–Crippen LogP) is 1.86. The number of nitrogens with one attached hydrogen (secondary N) is 1. The van der Waals surface area contributed by atoms with E-state index >= 15 is 0 Å². The van der Waals surface area contributed by atoms with Crippen LogP contribution in [0.4, 0.5) is 0 Å². The van der Waals surface area contributed by atoms with Gasteiger partial charge in [-0.15, -0.1) is 12.4 Å². The Morgan fingerprint density at radius 3 is 2.50 bits per heavy atom. The summed E-state index contributed by atoms with van der Waals surface area (Å²) in [4.78, 5) is 15.2. The first kappa shape index (κ1) is 21.2. The van der Waals surface area contributed by atoms with Gasteiger partial charge in [0.25, 0.3) is 0 Å². The molecule has 1 N–H and O–H groups in total. The molecule has 0 aliphatic carbocycles. The van der Waals surface area contributed by atoms with Crippen LogP contribution in [0.15, 0.2) is 35.2 Å². The Morgan fingerprint density at radius 2 is 1.81 bits per heavy atom. The summed E-state index contributed by atoms with van der Waals surface area (Å²) >= 11 is 0. The molecule has 0 spiro atoms. The average Bonchev–Trinajstić information content (AvgIpc) is 2.68. The van der Waals surface area contributed by atoms with E-state index < -0.39 is 16.1 Å². The molecular formula is C18H28ClN3O3S. The minimum Gasteiger partial charge on any atom is -0.340 e. The van der Waals surface area contributed by atoms with E-state index in [1.165, 1.54) is 4.31 Å². The normalized spacial score (nSPS) is 24.7. The van der Waals surface area contributed by atoms with Gasteiger partial charge in [0.2, 0.25) is 15.9 Å². The number of sulfonamides is 1. The second-order valence-electron chi connectivity index (χ2n) is 6.85. The summed E-state index contributed by atoms with van der Waals surface area (Å²) in [5.74, 6) is -0.0424. The molecule has 2 atom stereocenters. The quantitative estimate of drug-likeness (QED) is 0.836. The van der Waals surface area contributed by atoms with E-state index in [0.29, 0.717) is 32.1 Å². The molecule has 1 aromatic rings. The summed E-state index contributed by atoms with van der Waals surface area (Å²) in [6, 6.07) is 8.15. The summed E-state index contributed by atoms with van der Waals surface area (Å²) < 4.78 is 27.5. The number of hydrogen-bond acceptors (Lipinski definition) is 4. The van der Waals surface area contributed by atoms with E-state index in [4.69, 9.17) is 0 Å². The number of hydrogen-bond donors (Lipinski definition) is 1. The van der Waals surface area contributed by atoms with Crippen LogP contribution in [-0.2, 0) is 14.8 Å². The Morgan fingerprint density at radius 1 is 1.08 bits per heavy atom. The second-order valence-corrected chi connectivity index (χ2v) is 8.74. The van der Waals surface area contributed by atoms with Crippen molar-refractivity contribution in [1.29, 1.82) is 0 Å². The maximum absolute atomic E-state index is 13.1. The van der Waals surface area contributed by atoms with Crippen molar-refractivity contribution in [2.45, 2.75) is 49.1 Å². The maximum Gasteiger partial charge on any atom is 0.243 e. The van der Waals surface area contributed by atoms with Gasteiger partial charge >= 0.3 is 0 Å². The van der Waals surface area contributed by atoms with Crippen molar-refractivity contribution in [3.63, 3.8) is 0 Å². The molecule has 6 nitrogen and oxygen atoms in total. The largest absolute Gasteiger partial charge is 0.340 e. The Balaban J connectivity index is 0.00000243. The zero-order valence-corrected chi connectivity index (χ0v) is 16.8. The van der Waals surface area contributed by atoms with Gasteiger partial charge in [-0.1, -0.05) is 24.6 Å². The number of carbonyl (C=O) groups excluding carboxylic acids is 1. The first-order chi connectivity index (χ1) is 12.0. The molecule has 1 aromatic carbocycles. The van der Waals surface area contributed by atoms with Gasteiger partial charge in [0.15, 0.2) is 0 Å². The van der Waals surface area contributed by atoms with Gasteiger partial charge in [0.1, 0.15) is 6.04 Å². The van der Waals surface area contributed by atoms with E-state index in [2.05, 4.69) is 5.32 Å². The number of likely N-dealkylation sites (N-methyl/N-ethyl adjacent to an activating group) is 1. The Labute approximate surface area is 162 Å². The smallest absolute Gasteiger partial charge is 0.243 e. The van der Waals surface area contributed by atoms with E-state index in [0.717, 1.165) is 25.7 Å². The van der Waals surface area contributed by atoms with Gasteiger partial charge < -0.3 is 10.2 Å². The lowest BCUT2D eigenvalue weighted by atomic mass is 10.0. The molecule has 2 saturated heterocycles. The van der Waals surface area contributed by atoms with Crippen molar-refractivity contribution >= 4 is 28.3 Å². The fourth-order valence-corrected chi connectivity index (χ4v) is 5.46. The van der Waals surface area contributed by atoms with Crippen molar-refractivity contribution < 1.29 is 13.2 Å². The summed E-state index contributed by atoms with van der Waals surface area (Å²) in [6.45, 7) is 1.79. The molecule has 2 fully saturated rings. The minimum atomic E-state index is -3.64. The molecule has 0 saturated carbocycles. The molecule has 0 aromatic heterocycles. The van der Waals surface area contributed by atoms with Gasteiger partial charge in [0, 0.05) is 25.7 Å². The first-order valence-corrected chi connectivity index (χ1v) is 10.5. The highest BCUT2D eigenvalue weighted by atomic mass is 35.5. The average molecular weight is 402 g/mol. The zero-order chi connectivity index (χ0) is 17.9. The molecule has 26 heavy (non-hydrogen) atoms. The molecule has 2 heterocycles. The van der Waals surface area contributed by atoms with Crippen molar-refractivity contribution in [2.24, 2.45) is 0 Å². The van der Waals surface area contributed by atoms with Crippen LogP contribution in [0.1, 0.15) is 32.1 Å². The third kappa shape index (κ3) is 4.39. The highest BCUT2D eigenvalue weighted by Crippen LogP contribution is 2.27. The molecule has 0 bridgehead atoms. The molecule has 1 amide bonds. The van der Waals surface area contributed by atoms with E-state index in [9.17, 15) is 13.2 Å². The topological polar surface area (TPSA) is 69.7 Å². The van der Waals surface area contributed by atoms with Crippen LogP contribution in [0.25, 0.3) is 0 Å². The number of carbonyl (C=O) groups is 1. The summed E-state index contributed by atoms with van der Waals surface area (Å²) in [7, 11) is -1.74. The third-order valence-corrected chi connectivity index (χ3v) is 7.15. The molecule has 8 heteroatoms. The number of rotatable bonds is 4. The van der Waals surface area contributed by atoms with Crippen LogP contribution < -0.4 is 5.32 Å². The summed E-state index contributed by atoms with van der Waals surface area (Å²) in [5.41, 5.74) is 0. The van der Waals surface area contributed by atoms with E-state index in [-0.39, 0.29) is 23.2 Å². The van der Waals surface area contributed by atoms with Gasteiger partial charge in [0.05, 0.1) is 4.90 Å². The van der Waals surface area contributed by atoms with E-state index in [1.54, 1.807) is 30.3 Å². The molecule has 146 valence electrons. The van der Waals surface area contributed by atoms with Crippen LogP contribution >= 0.6 is 12.4 Å². The third-order valence-electron chi connectivity index (χ3n) is 5.23. The fourth-order valence-electron chi connectivity index (χ4n) is 3.79. The van der Waals surface area contributed by atoms with Crippen LogP contribution in [-0.4, -0.2) is 62.3 Å². The number of benzene rings is 1. The molecule has 3 rings (SSSR count). The lowest BCUT2D eigenvalue weighted by Gasteiger charge is -2.39. The van der Waals surface area contributed by atoms with Crippen molar-refractivity contribution in [1.82, 2.24) is 14.5 Å². The standard InChI is InChI=1S/C18H27N3O3S.ClH/c1-19-15-8-7-12-20(14-15)18(22)17-11-5-6-13-21(17)25(23,24)16-9-3-2-4-10-16;/h2-4,9-10,15,17,19H,5-8,11-14H2,1H3;1H. The molecule has 0 radical (unpaired) electrons. The van der Waals surface area contributed by atoms with Crippen molar-refractivity contribution in [2.75, 3.05) is 26.7 Å². The van der Waals surface area contributed by atoms with Crippen LogP contribution in [0, 0.1) is 0 Å².